The van der Waals surface area contributed by atoms with Crippen molar-refractivity contribution in [2.75, 3.05) is 17.3 Å². The van der Waals surface area contributed by atoms with Crippen LogP contribution in [0.1, 0.15) is 19.8 Å². The van der Waals surface area contributed by atoms with Gasteiger partial charge in [0.15, 0.2) is 0 Å². The van der Waals surface area contributed by atoms with Crippen molar-refractivity contribution in [2.45, 2.75) is 25.8 Å². The Labute approximate surface area is 110 Å². The van der Waals surface area contributed by atoms with Gasteiger partial charge in [0.2, 0.25) is 5.91 Å². The highest BCUT2D eigenvalue weighted by molar-refractivity contribution is 5.99. The van der Waals surface area contributed by atoms with E-state index in [9.17, 15) is 14.0 Å². The summed E-state index contributed by atoms with van der Waals surface area (Å²) in [7, 11) is 1.22. The van der Waals surface area contributed by atoms with E-state index in [2.05, 4.69) is 10.1 Å². The molecule has 1 aliphatic carbocycles. The van der Waals surface area contributed by atoms with E-state index in [0.717, 1.165) is 12.8 Å². The van der Waals surface area contributed by atoms with Gasteiger partial charge in [-0.05, 0) is 31.0 Å². The van der Waals surface area contributed by atoms with Crippen LogP contribution < -0.4 is 10.2 Å². The number of hydrogen-bond acceptors (Lipinski definition) is 3. The molecule has 2 rings (SSSR count). The minimum atomic E-state index is -0.703. The lowest BCUT2D eigenvalue weighted by Crippen LogP contribution is -2.31. The SMILES string of the molecule is COC(=O)Nc1cc(F)ccc1N(C(C)=O)C1CC1. The number of carbonyl (C=O) groups excluding carboxylic acids is 2. The van der Waals surface area contributed by atoms with Crippen LogP contribution in [0.5, 0.6) is 0 Å². The van der Waals surface area contributed by atoms with Gasteiger partial charge in [-0.15, -0.1) is 0 Å². The number of halogens is 1. The molecular formula is C13H15FN2O3. The Balaban J connectivity index is 2.37. The molecule has 0 unspecified atom stereocenters. The van der Waals surface area contributed by atoms with Crippen molar-refractivity contribution in [2.24, 2.45) is 0 Å². The lowest BCUT2D eigenvalue weighted by atomic mass is 10.2. The summed E-state index contributed by atoms with van der Waals surface area (Å²) < 4.78 is 17.8. The molecule has 1 aromatic carbocycles. The lowest BCUT2D eigenvalue weighted by Gasteiger charge is -2.23. The first-order valence-electron chi connectivity index (χ1n) is 5.97. The summed E-state index contributed by atoms with van der Waals surface area (Å²) in [6.07, 6.45) is 1.12. The van der Waals surface area contributed by atoms with Crippen LogP contribution in [0.15, 0.2) is 18.2 Å². The molecule has 102 valence electrons. The van der Waals surface area contributed by atoms with Crippen molar-refractivity contribution >= 4 is 23.4 Å². The molecule has 1 N–H and O–H groups in total. The van der Waals surface area contributed by atoms with Gasteiger partial charge in [0.25, 0.3) is 0 Å². The number of methoxy groups -OCH3 is 1. The Morgan fingerprint density at radius 3 is 2.63 bits per heavy atom. The van der Waals surface area contributed by atoms with Gasteiger partial charge < -0.3 is 9.64 Å². The summed E-state index contributed by atoms with van der Waals surface area (Å²) in [6.45, 7) is 1.45. The third-order valence-corrected chi connectivity index (χ3v) is 2.89. The first-order valence-corrected chi connectivity index (χ1v) is 5.97. The van der Waals surface area contributed by atoms with Gasteiger partial charge in [0, 0.05) is 13.0 Å². The number of rotatable bonds is 3. The van der Waals surface area contributed by atoms with Crippen molar-refractivity contribution in [3.63, 3.8) is 0 Å². The maximum Gasteiger partial charge on any atom is 0.411 e. The van der Waals surface area contributed by atoms with Gasteiger partial charge in [-0.3, -0.25) is 10.1 Å². The van der Waals surface area contributed by atoms with Crippen LogP contribution in [0, 0.1) is 5.82 Å². The second-order valence-corrected chi connectivity index (χ2v) is 4.40. The topological polar surface area (TPSA) is 58.6 Å². The molecule has 0 radical (unpaired) electrons. The number of carbonyl (C=O) groups is 2. The molecule has 1 aromatic rings. The number of hydrogen-bond donors (Lipinski definition) is 1. The Hall–Kier alpha value is -2.11. The Bertz CT molecular complexity index is 515. The lowest BCUT2D eigenvalue weighted by molar-refractivity contribution is -0.116. The van der Waals surface area contributed by atoms with Crippen molar-refractivity contribution in [1.82, 2.24) is 0 Å². The van der Waals surface area contributed by atoms with Crippen LogP contribution in [-0.2, 0) is 9.53 Å². The fourth-order valence-corrected chi connectivity index (χ4v) is 1.94. The van der Waals surface area contributed by atoms with Crippen LogP contribution in [0.3, 0.4) is 0 Å². The van der Waals surface area contributed by atoms with Crippen molar-refractivity contribution in [3.8, 4) is 0 Å². The zero-order valence-electron chi connectivity index (χ0n) is 10.8. The molecular weight excluding hydrogens is 251 g/mol. The summed E-state index contributed by atoms with van der Waals surface area (Å²) in [5.41, 5.74) is 0.718. The predicted molar refractivity (Wildman–Crippen MR) is 68.6 cm³/mol. The van der Waals surface area contributed by atoms with Crippen molar-refractivity contribution in [1.29, 1.82) is 0 Å². The number of amides is 2. The minimum Gasteiger partial charge on any atom is -0.453 e. The monoisotopic (exact) mass is 266 g/mol. The molecule has 1 fully saturated rings. The number of nitrogens with one attached hydrogen (secondary N) is 1. The molecule has 0 atom stereocenters. The van der Waals surface area contributed by atoms with E-state index in [0.29, 0.717) is 5.69 Å². The molecule has 0 aromatic heterocycles. The van der Waals surface area contributed by atoms with Crippen LogP contribution in [-0.4, -0.2) is 25.2 Å². The second kappa shape index (κ2) is 5.26. The van der Waals surface area contributed by atoms with E-state index in [1.165, 1.54) is 32.2 Å². The minimum absolute atomic E-state index is 0.126. The van der Waals surface area contributed by atoms with E-state index in [1.54, 1.807) is 4.90 Å². The average molecular weight is 266 g/mol. The van der Waals surface area contributed by atoms with Gasteiger partial charge in [-0.2, -0.15) is 0 Å². The largest absolute Gasteiger partial charge is 0.453 e. The number of ether oxygens (including phenoxy) is 1. The smallest absolute Gasteiger partial charge is 0.411 e. The molecule has 5 nitrogen and oxygen atoms in total. The van der Waals surface area contributed by atoms with Crippen LogP contribution in [0.25, 0.3) is 0 Å². The fraction of sp³-hybridized carbons (Fsp3) is 0.385. The van der Waals surface area contributed by atoms with Gasteiger partial charge in [0.05, 0.1) is 18.5 Å². The Kier molecular flexibility index (Phi) is 3.69. The van der Waals surface area contributed by atoms with Gasteiger partial charge in [-0.1, -0.05) is 0 Å². The van der Waals surface area contributed by atoms with E-state index in [4.69, 9.17) is 0 Å². The summed E-state index contributed by atoms with van der Waals surface area (Å²) in [6, 6.07) is 4.04. The highest BCUT2D eigenvalue weighted by atomic mass is 19.1. The summed E-state index contributed by atoms with van der Waals surface area (Å²) in [4.78, 5) is 24.5. The summed E-state index contributed by atoms with van der Waals surface area (Å²) >= 11 is 0. The summed E-state index contributed by atoms with van der Waals surface area (Å²) in [5, 5.41) is 2.42. The number of benzene rings is 1. The van der Waals surface area contributed by atoms with Crippen molar-refractivity contribution < 1.29 is 18.7 Å². The Morgan fingerprint density at radius 1 is 1.42 bits per heavy atom. The van der Waals surface area contributed by atoms with Gasteiger partial charge in [0.1, 0.15) is 5.82 Å². The molecule has 6 heteroatoms. The third-order valence-electron chi connectivity index (χ3n) is 2.89. The van der Waals surface area contributed by atoms with Gasteiger partial charge >= 0.3 is 6.09 Å². The molecule has 1 saturated carbocycles. The zero-order valence-corrected chi connectivity index (χ0v) is 10.8. The highest BCUT2D eigenvalue weighted by Crippen LogP contribution is 2.36. The normalized spacial score (nSPS) is 13.8. The molecule has 0 aliphatic heterocycles. The maximum absolute atomic E-state index is 13.3. The Morgan fingerprint density at radius 2 is 2.11 bits per heavy atom. The quantitative estimate of drug-likeness (QED) is 0.914. The molecule has 2 amide bonds. The number of anilines is 2. The van der Waals surface area contributed by atoms with Gasteiger partial charge in [-0.25, -0.2) is 9.18 Å². The van der Waals surface area contributed by atoms with Crippen molar-refractivity contribution in [3.05, 3.63) is 24.0 Å². The standard InChI is InChI=1S/C13H15FN2O3/c1-8(17)16(10-4-5-10)12-6-3-9(14)7-11(12)15-13(18)19-2/h3,6-7,10H,4-5H2,1-2H3,(H,15,18). The van der Waals surface area contributed by atoms with Crippen LogP contribution >= 0.6 is 0 Å². The highest BCUT2D eigenvalue weighted by Gasteiger charge is 2.33. The maximum atomic E-state index is 13.3. The summed E-state index contributed by atoms with van der Waals surface area (Å²) in [5.74, 6) is -0.628. The fourth-order valence-electron chi connectivity index (χ4n) is 1.94. The molecule has 1 aliphatic rings. The number of nitrogens with zero attached hydrogens (tertiary/aromatic N) is 1. The van der Waals surface area contributed by atoms with Crippen LogP contribution in [0.2, 0.25) is 0 Å². The molecule has 0 heterocycles. The molecule has 0 spiro atoms. The van der Waals surface area contributed by atoms with Crippen LogP contribution in [0.4, 0.5) is 20.6 Å². The predicted octanol–water partition coefficient (Wildman–Crippen LogP) is 2.52. The zero-order chi connectivity index (χ0) is 14.0. The first kappa shape index (κ1) is 13.3. The van der Waals surface area contributed by atoms with E-state index in [-0.39, 0.29) is 17.6 Å². The third kappa shape index (κ3) is 3.01. The molecule has 19 heavy (non-hydrogen) atoms. The molecule has 0 saturated heterocycles. The van der Waals surface area contributed by atoms with E-state index >= 15 is 0 Å². The van der Waals surface area contributed by atoms with E-state index in [1.807, 2.05) is 0 Å². The second-order valence-electron chi connectivity index (χ2n) is 4.40. The average Bonchev–Trinajstić information content (AvgIpc) is 3.16. The first-order chi connectivity index (χ1) is 9.02. The molecule has 0 bridgehead atoms. The van der Waals surface area contributed by atoms with E-state index < -0.39 is 11.9 Å².